The summed E-state index contributed by atoms with van der Waals surface area (Å²) >= 11 is 0. The van der Waals surface area contributed by atoms with Crippen LogP contribution in [0.5, 0.6) is 0 Å². The second-order valence-corrected chi connectivity index (χ2v) is 5.56. The number of carbonyl (C=O) groups excluding carboxylic acids is 1. The second-order valence-electron chi connectivity index (χ2n) is 5.56. The lowest BCUT2D eigenvalue weighted by atomic mass is 9.89. The van der Waals surface area contributed by atoms with Crippen LogP contribution < -0.4 is 5.73 Å². The molecule has 2 fully saturated rings. The van der Waals surface area contributed by atoms with E-state index in [9.17, 15) is 4.79 Å². The molecule has 2 heterocycles. The summed E-state index contributed by atoms with van der Waals surface area (Å²) in [6, 6.07) is 0.464. The number of nitrogens with zero attached hydrogens (tertiary/aromatic N) is 2. The Morgan fingerprint density at radius 3 is 2.67 bits per heavy atom. The monoisotopic (exact) mass is 255 g/mol. The van der Waals surface area contributed by atoms with Gasteiger partial charge in [0.05, 0.1) is 5.54 Å². The average molecular weight is 255 g/mol. The largest absolute Gasteiger partial charge is 0.381 e. The van der Waals surface area contributed by atoms with Gasteiger partial charge in [-0.15, -0.1) is 0 Å². The van der Waals surface area contributed by atoms with Gasteiger partial charge in [0.1, 0.15) is 0 Å². The van der Waals surface area contributed by atoms with Crippen LogP contribution in [0.3, 0.4) is 0 Å². The molecule has 2 aliphatic rings. The maximum atomic E-state index is 12.6. The zero-order chi connectivity index (χ0) is 13.2. The highest BCUT2D eigenvalue weighted by atomic mass is 16.5. The van der Waals surface area contributed by atoms with E-state index in [4.69, 9.17) is 10.5 Å². The van der Waals surface area contributed by atoms with Crippen LogP contribution in [0.2, 0.25) is 0 Å². The first-order valence-electron chi connectivity index (χ1n) is 6.93. The van der Waals surface area contributed by atoms with Crippen LogP contribution in [-0.2, 0) is 9.53 Å². The fraction of sp³-hybridized carbons (Fsp3) is 0.923. The Bertz CT molecular complexity index is 303. The molecular formula is C13H25N3O2. The SMILES string of the molecule is CCC1CN(C(=O)C2(N)CCOCC2)CCN1C. The molecule has 0 aliphatic carbocycles. The third-order valence-corrected chi connectivity index (χ3v) is 4.35. The molecule has 0 spiro atoms. The Morgan fingerprint density at radius 2 is 2.06 bits per heavy atom. The Kier molecular flexibility index (Phi) is 4.25. The van der Waals surface area contributed by atoms with Gasteiger partial charge < -0.3 is 15.4 Å². The highest BCUT2D eigenvalue weighted by molar-refractivity contribution is 5.86. The number of hydrogen-bond donors (Lipinski definition) is 1. The van der Waals surface area contributed by atoms with Crippen LogP contribution in [0, 0.1) is 0 Å². The van der Waals surface area contributed by atoms with Gasteiger partial charge in [-0.25, -0.2) is 0 Å². The first kappa shape index (κ1) is 13.8. The summed E-state index contributed by atoms with van der Waals surface area (Å²) in [6.07, 6.45) is 2.37. The molecule has 5 nitrogen and oxygen atoms in total. The van der Waals surface area contributed by atoms with Gasteiger partial charge in [-0.3, -0.25) is 9.69 Å². The number of carbonyl (C=O) groups is 1. The van der Waals surface area contributed by atoms with E-state index >= 15 is 0 Å². The molecular weight excluding hydrogens is 230 g/mol. The number of ether oxygens (including phenoxy) is 1. The summed E-state index contributed by atoms with van der Waals surface area (Å²) < 4.78 is 5.30. The van der Waals surface area contributed by atoms with Gasteiger partial charge in [-0.2, -0.15) is 0 Å². The Morgan fingerprint density at radius 1 is 1.39 bits per heavy atom. The van der Waals surface area contributed by atoms with Crippen molar-refractivity contribution in [2.24, 2.45) is 5.73 Å². The second kappa shape index (κ2) is 5.55. The molecule has 104 valence electrons. The van der Waals surface area contributed by atoms with E-state index in [0.29, 0.717) is 32.1 Å². The zero-order valence-corrected chi connectivity index (χ0v) is 11.5. The Hall–Kier alpha value is -0.650. The molecule has 0 aromatic heterocycles. The minimum atomic E-state index is -0.688. The summed E-state index contributed by atoms with van der Waals surface area (Å²) in [6.45, 7) is 5.93. The lowest BCUT2D eigenvalue weighted by Crippen LogP contribution is -2.62. The van der Waals surface area contributed by atoms with Crippen LogP contribution in [0.1, 0.15) is 26.2 Å². The van der Waals surface area contributed by atoms with Crippen molar-refractivity contribution in [2.45, 2.75) is 37.8 Å². The maximum absolute atomic E-state index is 12.6. The Balaban J connectivity index is 2.00. The van der Waals surface area contributed by atoms with Gasteiger partial charge in [-0.05, 0) is 26.3 Å². The first-order chi connectivity index (χ1) is 8.57. The van der Waals surface area contributed by atoms with Gasteiger partial charge in [-0.1, -0.05) is 6.92 Å². The number of nitrogens with two attached hydrogens (primary N) is 1. The van der Waals surface area contributed by atoms with Gasteiger partial charge in [0.25, 0.3) is 0 Å². The van der Waals surface area contributed by atoms with Crippen LogP contribution in [0.15, 0.2) is 0 Å². The molecule has 2 saturated heterocycles. The number of rotatable bonds is 2. The van der Waals surface area contributed by atoms with E-state index in [2.05, 4.69) is 18.9 Å². The van der Waals surface area contributed by atoms with E-state index in [1.807, 2.05) is 4.90 Å². The topological polar surface area (TPSA) is 58.8 Å². The maximum Gasteiger partial charge on any atom is 0.242 e. The first-order valence-corrected chi connectivity index (χ1v) is 6.93. The summed E-state index contributed by atoms with van der Waals surface area (Å²) in [7, 11) is 2.13. The molecule has 1 atom stereocenters. The molecule has 1 unspecified atom stereocenters. The average Bonchev–Trinajstić information content (AvgIpc) is 2.39. The molecule has 2 aliphatic heterocycles. The number of hydrogen-bond acceptors (Lipinski definition) is 4. The van der Waals surface area contributed by atoms with Crippen LogP contribution in [0.25, 0.3) is 0 Å². The van der Waals surface area contributed by atoms with Crippen molar-refractivity contribution in [3.05, 3.63) is 0 Å². The minimum absolute atomic E-state index is 0.123. The van der Waals surface area contributed by atoms with Crippen molar-refractivity contribution in [1.82, 2.24) is 9.80 Å². The highest BCUT2D eigenvalue weighted by Gasteiger charge is 2.40. The number of piperazine rings is 1. The quantitative estimate of drug-likeness (QED) is 0.757. The van der Waals surface area contributed by atoms with E-state index in [1.165, 1.54) is 0 Å². The molecule has 0 aromatic rings. The lowest BCUT2D eigenvalue weighted by Gasteiger charge is -2.43. The predicted octanol–water partition coefficient (Wildman–Crippen LogP) is 0.0469. The van der Waals surface area contributed by atoms with Crippen molar-refractivity contribution in [3.8, 4) is 0 Å². The summed E-state index contributed by atoms with van der Waals surface area (Å²) in [5.74, 6) is 0.123. The van der Waals surface area contributed by atoms with Gasteiger partial charge in [0.2, 0.25) is 5.91 Å². The van der Waals surface area contributed by atoms with Crippen molar-refractivity contribution in [3.63, 3.8) is 0 Å². The van der Waals surface area contributed by atoms with Gasteiger partial charge >= 0.3 is 0 Å². The molecule has 1 amide bonds. The molecule has 0 saturated carbocycles. The van der Waals surface area contributed by atoms with Crippen molar-refractivity contribution in [2.75, 3.05) is 39.9 Å². The lowest BCUT2D eigenvalue weighted by molar-refractivity contribution is -0.143. The number of likely N-dealkylation sites (N-methyl/N-ethyl adjacent to an activating group) is 1. The molecule has 0 bridgehead atoms. The Labute approximate surface area is 109 Å². The molecule has 5 heteroatoms. The van der Waals surface area contributed by atoms with E-state index < -0.39 is 5.54 Å². The van der Waals surface area contributed by atoms with Crippen LogP contribution >= 0.6 is 0 Å². The number of amides is 1. The molecule has 18 heavy (non-hydrogen) atoms. The molecule has 0 aromatic carbocycles. The smallest absolute Gasteiger partial charge is 0.242 e. The molecule has 2 rings (SSSR count). The van der Waals surface area contributed by atoms with Crippen molar-refractivity contribution < 1.29 is 9.53 Å². The van der Waals surface area contributed by atoms with Crippen LogP contribution in [0.4, 0.5) is 0 Å². The zero-order valence-electron chi connectivity index (χ0n) is 11.5. The third-order valence-electron chi connectivity index (χ3n) is 4.35. The van der Waals surface area contributed by atoms with E-state index in [-0.39, 0.29) is 5.91 Å². The van der Waals surface area contributed by atoms with Crippen molar-refractivity contribution in [1.29, 1.82) is 0 Å². The predicted molar refractivity (Wildman–Crippen MR) is 70.3 cm³/mol. The van der Waals surface area contributed by atoms with Gasteiger partial charge in [0, 0.05) is 38.9 Å². The summed E-state index contributed by atoms with van der Waals surface area (Å²) in [4.78, 5) is 16.9. The summed E-state index contributed by atoms with van der Waals surface area (Å²) in [5.41, 5.74) is 5.58. The molecule has 2 N–H and O–H groups in total. The fourth-order valence-electron chi connectivity index (χ4n) is 2.84. The highest BCUT2D eigenvalue weighted by Crippen LogP contribution is 2.22. The van der Waals surface area contributed by atoms with E-state index in [0.717, 1.165) is 26.1 Å². The van der Waals surface area contributed by atoms with Crippen LogP contribution in [-0.4, -0.2) is 67.2 Å². The molecule has 0 radical (unpaired) electrons. The van der Waals surface area contributed by atoms with Crippen molar-refractivity contribution >= 4 is 5.91 Å². The third kappa shape index (κ3) is 2.68. The summed E-state index contributed by atoms with van der Waals surface area (Å²) in [5, 5.41) is 0. The normalized spacial score (nSPS) is 29.3. The standard InChI is InChI=1S/C13H25N3O2/c1-3-11-10-16(7-6-15(11)2)12(17)13(14)4-8-18-9-5-13/h11H,3-10,14H2,1-2H3. The van der Waals surface area contributed by atoms with E-state index in [1.54, 1.807) is 0 Å². The van der Waals surface area contributed by atoms with Gasteiger partial charge in [0.15, 0.2) is 0 Å². The fourth-order valence-corrected chi connectivity index (χ4v) is 2.84. The minimum Gasteiger partial charge on any atom is -0.381 e.